The van der Waals surface area contributed by atoms with E-state index in [0.29, 0.717) is 6.42 Å². The van der Waals surface area contributed by atoms with Gasteiger partial charge in [0.15, 0.2) is 0 Å². The average molecular weight is 342 g/mol. The van der Waals surface area contributed by atoms with Gasteiger partial charge in [0, 0.05) is 0 Å². The first-order valence-corrected chi connectivity index (χ1v) is 8.07. The van der Waals surface area contributed by atoms with E-state index in [1.807, 2.05) is 18.9 Å². The normalized spacial score (nSPS) is 18.7. The predicted octanol–water partition coefficient (Wildman–Crippen LogP) is -1.49. The minimum atomic E-state index is -1.15. The van der Waals surface area contributed by atoms with Gasteiger partial charge in [0.05, 0.1) is 25.6 Å². The van der Waals surface area contributed by atoms with Crippen LogP contribution in [0.15, 0.2) is 0 Å². The summed E-state index contributed by atoms with van der Waals surface area (Å²) in [7, 11) is 1.85. The predicted molar refractivity (Wildman–Crippen MR) is 85.7 cm³/mol. The third-order valence-corrected chi connectivity index (χ3v) is 3.72. The molecule has 1 aliphatic heterocycles. The molecule has 9 nitrogen and oxygen atoms in total. The molecule has 4 N–H and O–H groups in total. The van der Waals surface area contributed by atoms with Crippen LogP contribution >= 0.6 is 0 Å². The van der Waals surface area contributed by atoms with Crippen molar-refractivity contribution in [2.75, 3.05) is 26.7 Å². The molecular weight excluding hydrogens is 316 g/mol. The number of nitrogens with zero attached hydrogens (tertiary/aromatic N) is 1. The number of esters is 1. The zero-order valence-corrected chi connectivity index (χ0v) is 14.2. The zero-order chi connectivity index (χ0) is 18.1. The standard InChI is InChI=1S/C15H26N4O5/c1-3-7-24-15(23)10(8-12(16)20)18-13(21)9-17-14(22)11-5-4-6-19(11)2/h10-11H,3-9H2,1-2H3,(H2,16,20)(H,17,22)(H,18,21)/t10-,11-/m0/s1. The van der Waals surface area contributed by atoms with Crippen LogP contribution in [-0.2, 0) is 23.9 Å². The molecule has 1 aliphatic rings. The third kappa shape index (κ3) is 6.53. The number of ether oxygens (including phenoxy) is 1. The number of amides is 3. The highest BCUT2D eigenvalue weighted by molar-refractivity contribution is 5.91. The second-order valence-corrected chi connectivity index (χ2v) is 5.81. The average Bonchev–Trinajstić information content (AvgIpc) is 2.95. The summed E-state index contributed by atoms with van der Waals surface area (Å²) in [5.74, 6) is -2.26. The van der Waals surface area contributed by atoms with Crippen molar-refractivity contribution in [1.82, 2.24) is 15.5 Å². The maximum atomic E-state index is 12.0. The number of hydrogen-bond acceptors (Lipinski definition) is 6. The molecule has 0 aliphatic carbocycles. The Labute approximate surface area is 141 Å². The van der Waals surface area contributed by atoms with Crippen molar-refractivity contribution in [3.05, 3.63) is 0 Å². The highest BCUT2D eigenvalue weighted by Gasteiger charge is 2.28. The van der Waals surface area contributed by atoms with Crippen LogP contribution < -0.4 is 16.4 Å². The third-order valence-electron chi connectivity index (χ3n) is 3.72. The Bertz CT molecular complexity index is 482. The van der Waals surface area contributed by atoms with Crippen molar-refractivity contribution >= 4 is 23.7 Å². The fourth-order valence-corrected chi connectivity index (χ4v) is 2.47. The molecule has 0 aromatic rings. The zero-order valence-electron chi connectivity index (χ0n) is 14.2. The summed E-state index contributed by atoms with van der Waals surface area (Å²) in [5, 5.41) is 4.91. The Hall–Kier alpha value is -2.16. The summed E-state index contributed by atoms with van der Waals surface area (Å²) in [6.45, 7) is 2.58. The van der Waals surface area contributed by atoms with E-state index >= 15 is 0 Å². The largest absolute Gasteiger partial charge is 0.464 e. The van der Waals surface area contributed by atoms with Gasteiger partial charge in [-0.15, -0.1) is 0 Å². The second kappa shape index (κ2) is 9.86. The van der Waals surface area contributed by atoms with Crippen molar-refractivity contribution in [2.45, 2.75) is 44.7 Å². The van der Waals surface area contributed by atoms with Crippen LogP contribution in [0.4, 0.5) is 0 Å². The maximum Gasteiger partial charge on any atom is 0.329 e. The Morgan fingerprint density at radius 3 is 2.58 bits per heavy atom. The van der Waals surface area contributed by atoms with E-state index < -0.39 is 23.8 Å². The number of nitrogens with one attached hydrogen (secondary N) is 2. The molecule has 2 atom stereocenters. The van der Waals surface area contributed by atoms with Crippen molar-refractivity contribution in [3.63, 3.8) is 0 Å². The van der Waals surface area contributed by atoms with E-state index in [1.165, 1.54) is 0 Å². The molecule has 0 radical (unpaired) electrons. The van der Waals surface area contributed by atoms with Crippen molar-refractivity contribution in [1.29, 1.82) is 0 Å². The van der Waals surface area contributed by atoms with Crippen LogP contribution in [-0.4, -0.2) is 67.4 Å². The molecule has 1 heterocycles. The highest BCUT2D eigenvalue weighted by Crippen LogP contribution is 2.14. The lowest BCUT2D eigenvalue weighted by Crippen LogP contribution is -2.49. The summed E-state index contributed by atoms with van der Waals surface area (Å²) < 4.78 is 4.92. The Morgan fingerprint density at radius 2 is 2.04 bits per heavy atom. The smallest absolute Gasteiger partial charge is 0.329 e. The Balaban J connectivity index is 2.47. The maximum absolute atomic E-state index is 12.0. The van der Waals surface area contributed by atoms with Crippen LogP contribution in [0.1, 0.15) is 32.6 Å². The van der Waals surface area contributed by atoms with Gasteiger partial charge >= 0.3 is 5.97 Å². The fourth-order valence-electron chi connectivity index (χ4n) is 2.47. The lowest BCUT2D eigenvalue weighted by Gasteiger charge is -2.19. The van der Waals surface area contributed by atoms with Gasteiger partial charge in [0.1, 0.15) is 6.04 Å². The summed E-state index contributed by atoms with van der Waals surface area (Å²) in [6, 6.07) is -1.39. The van der Waals surface area contributed by atoms with E-state index in [-0.39, 0.29) is 31.5 Å². The second-order valence-electron chi connectivity index (χ2n) is 5.81. The summed E-state index contributed by atoms with van der Waals surface area (Å²) in [4.78, 5) is 48.7. The molecule has 136 valence electrons. The van der Waals surface area contributed by atoms with E-state index in [9.17, 15) is 19.2 Å². The lowest BCUT2D eigenvalue weighted by molar-refractivity contribution is -0.149. The van der Waals surface area contributed by atoms with E-state index in [1.54, 1.807) is 0 Å². The highest BCUT2D eigenvalue weighted by atomic mass is 16.5. The first kappa shape index (κ1) is 19.9. The topological polar surface area (TPSA) is 131 Å². The Morgan fingerprint density at radius 1 is 1.33 bits per heavy atom. The number of likely N-dealkylation sites (tertiary alicyclic amines) is 1. The lowest BCUT2D eigenvalue weighted by atomic mass is 10.2. The minimum absolute atomic E-state index is 0.189. The molecule has 1 rings (SSSR count). The van der Waals surface area contributed by atoms with E-state index in [0.717, 1.165) is 19.4 Å². The molecule has 0 bridgehead atoms. The first-order chi connectivity index (χ1) is 11.3. The van der Waals surface area contributed by atoms with Crippen LogP contribution in [0.25, 0.3) is 0 Å². The molecule has 0 saturated carbocycles. The minimum Gasteiger partial charge on any atom is -0.464 e. The number of carbonyl (C=O) groups is 4. The fraction of sp³-hybridized carbons (Fsp3) is 0.733. The number of primary amides is 1. The van der Waals surface area contributed by atoms with Crippen LogP contribution in [0.5, 0.6) is 0 Å². The molecule has 9 heteroatoms. The monoisotopic (exact) mass is 342 g/mol. The molecule has 0 unspecified atom stereocenters. The quantitative estimate of drug-likeness (QED) is 0.438. The molecular formula is C15H26N4O5. The molecule has 0 spiro atoms. The number of likely N-dealkylation sites (N-methyl/N-ethyl adjacent to an activating group) is 1. The number of nitrogens with two attached hydrogens (primary N) is 1. The van der Waals surface area contributed by atoms with Gasteiger partial charge in [-0.1, -0.05) is 6.92 Å². The first-order valence-electron chi connectivity index (χ1n) is 8.07. The van der Waals surface area contributed by atoms with Crippen molar-refractivity contribution in [3.8, 4) is 0 Å². The molecule has 24 heavy (non-hydrogen) atoms. The number of rotatable bonds is 9. The van der Waals surface area contributed by atoms with Gasteiger partial charge in [-0.05, 0) is 32.9 Å². The van der Waals surface area contributed by atoms with Crippen LogP contribution in [0.3, 0.4) is 0 Å². The summed E-state index contributed by atoms with van der Waals surface area (Å²) >= 11 is 0. The number of hydrogen-bond donors (Lipinski definition) is 3. The molecule has 0 aromatic carbocycles. The van der Waals surface area contributed by atoms with E-state index in [2.05, 4.69) is 10.6 Å². The molecule has 0 aromatic heterocycles. The van der Waals surface area contributed by atoms with Gasteiger partial charge in [0.25, 0.3) is 0 Å². The van der Waals surface area contributed by atoms with Gasteiger partial charge < -0.3 is 21.1 Å². The molecule has 1 saturated heterocycles. The Kier molecular flexibility index (Phi) is 8.17. The molecule has 3 amide bonds. The van der Waals surface area contributed by atoms with Crippen LogP contribution in [0.2, 0.25) is 0 Å². The SMILES string of the molecule is CCCOC(=O)[C@H](CC(N)=O)NC(=O)CNC(=O)[C@@H]1CCCN1C. The summed E-state index contributed by atoms with van der Waals surface area (Å²) in [6.07, 6.45) is 1.95. The van der Waals surface area contributed by atoms with Gasteiger partial charge in [-0.25, -0.2) is 4.79 Å². The van der Waals surface area contributed by atoms with Gasteiger partial charge in [-0.2, -0.15) is 0 Å². The van der Waals surface area contributed by atoms with E-state index in [4.69, 9.17) is 10.5 Å². The van der Waals surface area contributed by atoms with Crippen molar-refractivity contribution in [2.24, 2.45) is 5.73 Å². The van der Waals surface area contributed by atoms with Gasteiger partial charge in [-0.3, -0.25) is 19.3 Å². The van der Waals surface area contributed by atoms with Crippen molar-refractivity contribution < 1.29 is 23.9 Å². The van der Waals surface area contributed by atoms with Gasteiger partial charge in [0.2, 0.25) is 17.7 Å². The molecule has 1 fully saturated rings. The summed E-state index contributed by atoms with van der Waals surface area (Å²) in [5.41, 5.74) is 5.08. The van der Waals surface area contributed by atoms with Crippen LogP contribution in [0, 0.1) is 0 Å². The number of carbonyl (C=O) groups excluding carboxylic acids is 4.